The highest BCUT2D eigenvalue weighted by Crippen LogP contribution is 2.33. The van der Waals surface area contributed by atoms with E-state index in [1.54, 1.807) is 6.33 Å². The summed E-state index contributed by atoms with van der Waals surface area (Å²) in [5, 5.41) is 7.71. The molecule has 0 saturated heterocycles. The summed E-state index contributed by atoms with van der Waals surface area (Å²) < 4.78 is 1.91. The van der Waals surface area contributed by atoms with Crippen LogP contribution in [0.15, 0.2) is 6.33 Å². The molecule has 0 spiro atoms. The summed E-state index contributed by atoms with van der Waals surface area (Å²) in [4.78, 5) is 4.34. The number of aromatic nitrogens is 3. The second kappa shape index (κ2) is 6.15. The third-order valence-electron chi connectivity index (χ3n) is 3.90. The van der Waals surface area contributed by atoms with Gasteiger partial charge in [0.25, 0.3) is 0 Å². The molecular formula is C13H24N4. The van der Waals surface area contributed by atoms with Crippen molar-refractivity contribution in [3.63, 3.8) is 0 Å². The quantitative estimate of drug-likeness (QED) is 0.766. The Kier molecular flexibility index (Phi) is 4.54. The van der Waals surface area contributed by atoms with E-state index in [1.165, 1.54) is 32.2 Å². The number of hydrogen-bond acceptors (Lipinski definition) is 3. The van der Waals surface area contributed by atoms with Crippen molar-refractivity contribution in [2.24, 2.45) is 18.9 Å². The molecule has 2 atom stereocenters. The summed E-state index contributed by atoms with van der Waals surface area (Å²) in [6.07, 6.45) is 8.08. The van der Waals surface area contributed by atoms with E-state index in [2.05, 4.69) is 22.3 Å². The molecule has 1 saturated carbocycles. The van der Waals surface area contributed by atoms with Gasteiger partial charge in [-0.1, -0.05) is 13.3 Å². The molecule has 1 N–H and O–H groups in total. The molecule has 1 aromatic heterocycles. The molecule has 0 bridgehead atoms. The molecule has 0 radical (unpaired) electrons. The first-order valence-electron chi connectivity index (χ1n) is 6.84. The largest absolute Gasteiger partial charge is 0.316 e. The zero-order valence-electron chi connectivity index (χ0n) is 11.0. The summed E-state index contributed by atoms with van der Waals surface area (Å²) in [7, 11) is 1.99. The minimum Gasteiger partial charge on any atom is -0.316 e. The van der Waals surface area contributed by atoms with Crippen LogP contribution in [-0.2, 0) is 13.5 Å². The predicted octanol–water partition coefficient (Wildman–Crippen LogP) is 1.77. The minimum absolute atomic E-state index is 0.794. The average Bonchev–Trinajstić information content (AvgIpc) is 2.91. The van der Waals surface area contributed by atoms with Crippen LogP contribution in [-0.4, -0.2) is 27.9 Å². The summed E-state index contributed by atoms with van der Waals surface area (Å²) >= 11 is 0. The monoisotopic (exact) mass is 236 g/mol. The number of nitrogens with one attached hydrogen (secondary N) is 1. The van der Waals surface area contributed by atoms with E-state index in [4.69, 9.17) is 0 Å². The van der Waals surface area contributed by atoms with Crippen LogP contribution in [0.5, 0.6) is 0 Å². The zero-order chi connectivity index (χ0) is 12.1. The van der Waals surface area contributed by atoms with Crippen LogP contribution < -0.4 is 5.32 Å². The van der Waals surface area contributed by atoms with Crippen LogP contribution in [0.25, 0.3) is 0 Å². The lowest BCUT2D eigenvalue weighted by atomic mass is 9.92. The standard InChI is InChI=1S/C13H24N4/c1-3-7-14-9-12-6-4-5-11(12)8-13-15-10-16-17(13)2/h10-12,14H,3-9H2,1-2H3. The highest BCUT2D eigenvalue weighted by atomic mass is 15.3. The lowest BCUT2D eigenvalue weighted by Crippen LogP contribution is -2.27. The number of aryl methyl sites for hydroxylation is 1. The Hall–Kier alpha value is -0.900. The molecular weight excluding hydrogens is 212 g/mol. The van der Waals surface area contributed by atoms with Crippen LogP contribution in [0.4, 0.5) is 0 Å². The van der Waals surface area contributed by atoms with Crippen molar-refractivity contribution in [1.29, 1.82) is 0 Å². The first-order chi connectivity index (χ1) is 8.31. The predicted molar refractivity (Wildman–Crippen MR) is 68.7 cm³/mol. The second-order valence-corrected chi connectivity index (χ2v) is 5.16. The van der Waals surface area contributed by atoms with Crippen molar-refractivity contribution < 1.29 is 0 Å². The maximum atomic E-state index is 4.34. The van der Waals surface area contributed by atoms with Crippen molar-refractivity contribution >= 4 is 0 Å². The fourth-order valence-electron chi connectivity index (χ4n) is 2.85. The summed E-state index contributed by atoms with van der Waals surface area (Å²) in [5.74, 6) is 2.76. The van der Waals surface area contributed by atoms with Gasteiger partial charge in [-0.2, -0.15) is 5.10 Å². The van der Waals surface area contributed by atoms with Gasteiger partial charge >= 0.3 is 0 Å². The highest BCUT2D eigenvalue weighted by Gasteiger charge is 2.27. The van der Waals surface area contributed by atoms with E-state index in [0.29, 0.717) is 0 Å². The minimum atomic E-state index is 0.794. The average molecular weight is 236 g/mol. The van der Waals surface area contributed by atoms with Crippen LogP contribution in [0.1, 0.15) is 38.4 Å². The lowest BCUT2D eigenvalue weighted by molar-refractivity contribution is 0.356. The molecule has 1 aliphatic rings. The molecule has 96 valence electrons. The Bertz CT molecular complexity index is 334. The van der Waals surface area contributed by atoms with Crippen molar-refractivity contribution in [2.75, 3.05) is 13.1 Å². The lowest BCUT2D eigenvalue weighted by Gasteiger charge is -2.19. The van der Waals surface area contributed by atoms with Gasteiger partial charge in [-0.15, -0.1) is 0 Å². The first-order valence-corrected chi connectivity index (χ1v) is 6.84. The molecule has 1 fully saturated rings. The van der Waals surface area contributed by atoms with Gasteiger partial charge in [0.2, 0.25) is 0 Å². The fraction of sp³-hybridized carbons (Fsp3) is 0.846. The maximum Gasteiger partial charge on any atom is 0.138 e. The SMILES string of the molecule is CCCNCC1CCCC1Cc1ncnn1C. The van der Waals surface area contributed by atoms with Crippen molar-refractivity contribution in [3.8, 4) is 0 Å². The van der Waals surface area contributed by atoms with E-state index >= 15 is 0 Å². The third-order valence-corrected chi connectivity index (χ3v) is 3.90. The van der Waals surface area contributed by atoms with Crippen molar-refractivity contribution in [3.05, 3.63) is 12.2 Å². The van der Waals surface area contributed by atoms with Gasteiger partial charge in [0.15, 0.2) is 0 Å². The van der Waals surface area contributed by atoms with Crippen LogP contribution >= 0.6 is 0 Å². The van der Waals surface area contributed by atoms with E-state index in [-0.39, 0.29) is 0 Å². The van der Waals surface area contributed by atoms with Gasteiger partial charge in [-0.05, 0) is 44.2 Å². The van der Waals surface area contributed by atoms with Crippen molar-refractivity contribution in [1.82, 2.24) is 20.1 Å². The molecule has 0 aromatic carbocycles. The highest BCUT2D eigenvalue weighted by molar-refractivity contribution is 4.91. The zero-order valence-corrected chi connectivity index (χ0v) is 11.0. The Morgan fingerprint density at radius 2 is 2.24 bits per heavy atom. The van der Waals surface area contributed by atoms with E-state index < -0.39 is 0 Å². The molecule has 0 amide bonds. The number of hydrogen-bond donors (Lipinski definition) is 1. The molecule has 4 nitrogen and oxygen atoms in total. The Labute approximate surface area is 104 Å². The number of nitrogens with zero attached hydrogens (tertiary/aromatic N) is 3. The van der Waals surface area contributed by atoms with Gasteiger partial charge in [-0.25, -0.2) is 4.98 Å². The Morgan fingerprint density at radius 1 is 1.41 bits per heavy atom. The molecule has 1 aromatic rings. The van der Waals surface area contributed by atoms with E-state index in [9.17, 15) is 0 Å². The topological polar surface area (TPSA) is 42.7 Å². The molecule has 1 aliphatic carbocycles. The van der Waals surface area contributed by atoms with E-state index in [0.717, 1.165) is 30.6 Å². The Morgan fingerprint density at radius 3 is 2.94 bits per heavy atom. The molecule has 1 heterocycles. The van der Waals surface area contributed by atoms with Gasteiger partial charge in [0, 0.05) is 13.5 Å². The molecule has 17 heavy (non-hydrogen) atoms. The smallest absolute Gasteiger partial charge is 0.138 e. The van der Waals surface area contributed by atoms with Gasteiger partial charge in [0.05, 0.1) is 0 Å². The number of rotatable bonds is 6. The fourth-order valence-corrected chi connectivity index (χ4v) is 2.85. The molecule has 2 unspecified atom stereocenters. The van der Waals surface area contributed by atoms with Gasteiger partial charge in [0.1, 0.15) is 12.2 Å². The summed E-state index contributed by atoms with van der Waals surface area (Å²) in [6.45, 7) is 4.54. The second-order valence-electron chi connectivity index (χ2n) is 5.16. The van der Waals surface area contributed by atoms with Gasteiger partial charge in [-0.3, -0.25) is 4.68 Å². The molecule has 4 heteroatoms. The summed E-state index contributed by atoms with van der Waals surface area (Å²) in [6, 6.07) is 0. The molecule has 2 rings (SSSR count). The van der Waals surface area contributed by atoms with E-state index in [1.807, 2.05) is 11.7 Å². The van der Waals surface area contributed by atoms with Crippen LogP contribution in [0.3, 0.4) is 0 Å². The summed E-state index contributed by atoms with van der Waals surface area (Å²) in [5.41, 5.74) is 0. The van der Waals surface area contributed by atoms with Crippen LogP contribution in [0.2, 0.25) is 0 Å². The third kappa shape index (κ3) is 3.28. The van der Waals surface area contributed by atoms with Crippen LogP contribution in [0, 0.1) is 11.8 Å². The maximum absolute atomic E-state index is 4.34. The van der Waals surface area contributed by atoms with Crippen molar-refractivity contribution in [2.45, 2.75) is 39.0 Å². The molecule has 0 aliphatic heterocycles. The normalized spacial score (nSPS) is 24.4. The Balaban J connectivity index is 1.84. The van der Waals surface area contributed by atoms with Gasteiger partial charge < -0.3 is 5.32 Å². The first kappa shape index (κ1) is 12.6.